The SMILES string of the molecule is Cc1ccc(C(=O)O[C@@H](C)C(=O)N2c3ccccc3C[C@H]2C)cc1C. The van der Waals surface area contributed by atoms with Gasteiger partial charge in [0, 0.05) is 11.7 Å². The molecule has 0 fully saturated rings. The topological polar surface area (TPSA) is 46.6 Å². The fourth-order valence-corrected chi connectivity index (χ4v) is 3.24. The Kier molecular flexibility index (Phi) is 4.62. The van der Waals surface area contributed by atoms with Gasteiger partial charge >= 0.3 is 5.97 Å². The maximum Gasteiger partial charge on any atom is 0.338 e. The molecular weight excluding hydrogens is 314 g/mol. The first-order valence-corrected chi connectivity index (χ1v) is 8.57. The molecule has 2 aromatic rings. The summed E-state index contributed by atoms with van der Waals surface area (Å²) in [7, 11) is 0. The molecular formula is C21H23NO3. The molecule has 1 aliphatic rings. The van der Waals surface area contributed by atoms with Crippen molar-refractivity contribution < 1.29 is 14.3 Å². The molecule has 2 atom stereocenters. The molecule has 4 heteroatoms. The van der Waals surface area contributed by atoms with E-state index in [-0.39, 0.29) is 11.9 Å². The van der Waals surface area contributed by atoms with E-state index in [1.807, 2.05) is 51.1 Å². The lowest BCUT2D eigenvalue weighted by atomic mass is 10.1. The molecule has 1 amide bonds. The monoisotopic (exact) mass is 337 g/mol. The average molecular weight is 337 g/mol. The van der Waals surface area contributed by atoms with Gasteiger partial charge in [-0.05, 0) is 69.0 Å². The summed E-state index contributed by atoms with van der Waals surface area (Å²) >= 11 is 0. The van der Waals surface area contributed by atoms with E-state index >= 15 is 0 Å². The summed E-state index contributed by atoms with van der Waals surface area (Å²) in [6.07, 6.45) is -0.0116. The molecule has 130 valence electrons. The first-order chi connectivity index (χ1) is 11.9. The van der Waals surface area contributed by atoms with Gasteiger partial charge in [-0.25, -0.2) is 4.79 Å². The van der Waals surface area contributed by atoms with Crippen molar-refractivity contribution in [3.63, 3.8) is 0 Å². The molecule has 0 spiro atoms. The first kappa shape index (κ1) is 17.2. The Hall–Kier alpha value is -2.62. The highest BCUT2D eigenvalue weighted by atomic mass is 16.5. The Morgan fingerprint density at radius 2 is 1.84 bits per heavy atom. The Morgan fingerprint density at radius 1 is 1.12 bits per heavy atom. The number of rotatable bonds is 3. The van der Waals surface area contributed by atoms with Crippen molar-refractivity contribution in [2.45, 2.75) is 46.3 Å². The molecule has 0 saturated carbocycles. The van der Waals surface area contributed by atoms with Gasteiger partial charge in [-0.3, -0.25) is 4.79 Å². The number of para-hydroxylation sites is 1. The zero-order valence-electron chi connectivity index (χ0n) is 15.1. The van der Waals surface area contributed by atoms with Crippen molar-refractivity contribution in [3.05, 3.63) is 64.7 Å². The third-order valence-corrected chi connectivity index (χ3v) is 4.82. The lowest BCUT2D eigenvalue weighted by Crippen LogP contribution is -2.43. The van der Waals surface area contributed by atoms with Gasteiger partial charge in [-0.1, -0.05) is 24.3 Å². The largest absolute Gasteiger partial charge is 0.449 e. The van der Waals surface area contributed by atoms with E-state index in [4.69, 9.17) is 4.74 Å². The highest BCUT2D eigenvalue weighted by molar-refractivity contribution is 6.01. The molecule has 0 radical (unpaired) electrons. The summed E-state index contributed by atoms with van der Waals surface area (Å²) in [5, 5.41) is 0. The third-order valence-electron chi connectivity index (χ3n) is 4.82. The molecule has 1 heterocycles. The van der Waals surface area contributed by atoms with Crippen molar-refractivity contribution in [1.29, 1.82) is 0 Å². The van der Waals surface area contributed by atoms with Gasteiger partial charge in [0.05, 0.1) is 5.56 Å². The second kappa shape index (κ2) is 6.71. The van der Waals surface area contributed by atoms with E-state index in [0.717, 1.165) is 28.8 Å². The van der Waals surface area contributed by atoms with E-state index in [9.17, 15) is 9.59 Å². The van der Waals surface area contributed by atoms with Crippen LogP contribution in [-0.4, -0.2) is 24.0 Å². The minimum absolute atomic E-state index is 0.0627. The second-order valence-corrected chi connectivity index (χ2v) is 6.74. The summed E-state index contributed by atoms with van der Waals surface area (Å²) in [6, 6.07) is 13.3. The average Bonchev–Trinajstić information content (AvgIpc) is 2.92. The number of benzene rings is 2. The van der Waals surface area contributed by atoms with Crippen molar-refractivity contribution >= 4 is 17.6 Å². The van der Waals surface area contributed by atoms with Crippen LogP contribution in [-0.2, 0) is 16.0 Å². The smallest absolute Gasteiger partial charge is 0.338 e. The number of hydrogen-bond donors (Lipinski definition) is 0. The van der Waals surface area contributed by atoms with Gasteiger partial charge in [-0.15, -0.1) is 0 Å². The van der Waals surface area contributed by atoms with Crippen LogP contribution >= 0.6 is 0 Å². The number of anilines is 1. The predicted molar refractivity (Wildman–Crippen MR) is 97.9 cm³/mol. The molecule has 0 unspecified atom stereocenters. The molecule has 3 rings (SSSR count). The second-order valence-electron chi connectivity index (χ2n) is 6.74. The minimum atomic E-state index is -0.831. The Bertz CT molecular complexity index is 828. The number of nitrogens with zero attached hydrogens (tertiary/aromatic N) is 1. The van der Waals surface area contributed by atoms with Crippen molar-refractivity contribution in [2.24, 2.45) is 0 Å². The van der Waals surface area contributed by atoms with Crippen LogP contribution in [0.25, 0.3) is 0 Å². The standard InChI is InChI=1S/C21H23NO3/c1-13-9-10-18(11-14(13)2)21(24)25-16(4)20(23)22-15(3)12-17-7-5-6-8-19(17)22/h5-11,15-16H,12H2,1-4H3/t15-,16+/m1/s1. The molecule has 0 aliphatic carbocycles. The highest BCUT2D eigenvalue weighted by Crippen LogP contribution is 2.32. The third kappa shape index (κ3) is 3.29. The maximum absolute atomic E-state index is 12.9. The van der Waals surface area contributed by atoms with Crippen molar-refractivity contribution in [3.8, 4) is 0 Å². The van der Waals surface area contributed by atoms with E-state index in [2.05, 4.69) is 0 Å². The fraction of sp³-hybridized carbons (Fsp3) is 0.333. The number of aryl methyl sites for hydroxylation is 2. The molecule has 0 aromatic heterocycles. The summed E-state index contributed by atoms with van der Waals surface area (Å²) in [6.45, 7) is 7.58. The van der Waals surface area contributed by atoms with Crippen LogP contribution in [0.4, 0.5) is 5.69 Å². The number of esters is 1. The first-order valence-electron chi connectivity index (χ1n) is 8.57. The minimum Gasteiger partial charge on any atom is -0.449 e. The van der Waals surface area contributed by atoms with Crippen LogP contribution < -0.4 is 4.90 Å². The number of carbonyl (C=O) groups is 2. The maximum atomic E-state index is 12.9. The van der Waals surface area contributed by atoms with Gasteiger partial charge in [0.15, 0.2) is 6.10 Å². The summed E-state index contributed by atoms with van der Waals surface area (Å²) in [5.41, 5.74) is 4.67. The lowest BCUT2D eigenvalue weighted by molar-refractivity contribution is -0.126. The van der Waals surface area contributed by atoms with Crippen LogP contribution in [0.15, 0.2) is 42.5 Å². The van der Waals surface area contributed by atoms with E-state index in [1.54, 1.807) is 24.0 Å². The number of ether oxygens (including phenoxy) is 1. The molecule has 0 N–H and O–H groups in total. The quantitative estimate of drug-likeness (QED) is 0.800. The van der Waals surface area contributed by atoms with E-state index in [1.165, 1.54) is 0 Å². The Labute approximate surface area is 148 Å². The summed E-state index contributed by atoms with van der Waals surface area (Å²) < 4.78 is 5.44. The molecule has 0 saturated heterocycles. The fourth-order valence-electron chi connectivity index (χ4n) is 3.24. The van der Waals surface area contributed by atoms with Gasteiger partial charge in [0.1, 0.15) is 0 Å². The molecule has 4 nitrogen and oxygen atoms in total. The Morgan fingerprint density at radius 3 is 2.56 bits per heavy atom. The number of carbonyl (C=O) groups excluding carboxylic acids is 2. The molecule has 0 bridgehead atoms. The van der Waals surface area contributed by atoms with E-state index < -0.39 is 12.1 Å². The number of hydrogen-bond acceptors (Lipinski definition) is 3. The molecule has 25 heavy (non-hydrogen) atoms. The molecule has 1 aliphatic heterocycles. The van der Waals surface area contributed by atoms with Crippen molar-refractivity contribution in [1.82, 2.24) is 0 Å². The van der Waals surface area contributed by atoms with Crippen LogP contribution in [0.1, 0.15) is 40.9 Å². The summed E-state index contributed by atoms with van der Waals surface area (Å²) in [5.74, 6) is -0.654. The van der Waals surface area contributed by atoms with Gasteiger partial charge < -0.3 is 9.64 Å². The summed E-state index contributed by atoms with van der Waals surface area (Å²) in [4.78, 5) is 27.0. The number of amides is 1. The predicted octanol–water partition coefficient (Wildman–Crippen LogP) is 3.83. The van der Waals surface area contributed by atoms with Gasteiger partial charge in [0.25, 0.3) is 5.91 Å². The Balaban J connectivity index is 1.75. The van der Waals surface area contributed by atoms with E-state index in [0.29, 0.717) is 5.56 Å². The zero-order valence-corrected chi connectivity index (χ0v) is 15.1. The van der Waals surface area contributed by atoms with Crippen LogP contribution in [0, 0.1) is 13.8 Å². The lowest BCUT2D eigenvalue weighted by Gasteiger charge is -2.26. The van der Waals surface area contributed by atoms with Crippen LogP contribution in [0.2, 0.25) is 0 Å². The van der Waals surface area contributed by atoms with Gasteiger partial charge in [-0.2, -0.15) is 0 Å². The van der Waals surface area contributed by atoms with Crippen LogP contribution in [0.3, 0.4) is 0 Å². The van der Waals surface area contributed by atoms with Crippen molar-refractivity contribution in [2.75, 3.05) is 4.90 Å². The number of fused-ring (bicyclic) bond motifs is 1. The van der Waals surface area contributed by atoms with Gasteiger partial charge in [0.2, 0.25) is 0 Å². The molecule has 2 aromatic carbocycles. The highest BCUT2D eigenvalue weighted by Gasteiger charge is 2.34. The van der Waals surface area contributed by atoms with Crippen LogP contribution in [0.5, 0.6) is 0 Å². The normalized spacial score (nSPS) is 17.1. The zero-order chi connectivity index (χ0) is 18.1.